The summed E-state index contributed by atoms with van der Waals surface area (Å²) in [6, 6.07) is 6.19. The van der Waals surface area contributed by atoms with Crippen molar-refractivity contribution in [2.75, 3.05) is 13.7 Å². The van der Waals surface area contributed by atoms with Crippen molar-refractivity contribution in [1.82, 2.24) is 5.43 Å². The lowest BCUT2D eigenvalue weighted by atomic mass is 9.98. The molecule has 0 radical (unpaired) electrons. The van der Waals surface area contributed by atoms with Gasteiger partial charge in [-0.1, -0.05) is 19.4 Å². The molecule has 0 amide bonds. The maximum absolute atomic E-state index is 5.80. The lowest BCUT2D eigenvalue weighted by molar-refractivity contribution is 0.0281. The Morgan fingerprint density at radius 1 is 1.35 bits per heavy atom. The van der Waals surface area contributed by atoms with Crippen LogP contribution in [0.2, 0.25) is 0 Å². The third-order valence-corrected chi connectivity index (χ3v) is 3.91. The highest BCUT2D eigenvalue weighted by Gasteiger charge is 2.20. The molecule has 0 bridgehead atoms. The van der Waals surface area contributed by atoms with Crippen LogP contribution >= 0.6 is 15.9 Å². The smallest absolute Gasteiger partial charge is 0.133 e. The van der Waals surface area contributed by atoms with E-state index < -0.39 is 0 Å². The molecule has 5 heteroatoms. The number of hydrogen-bond donors (Lipinski definition) is 2. The Bertz CT molecular complexity index is 395. The van der Waals surface area contributed by atoms with Crippen LogP contribution in [-0.2, 0) is 11.2 Å². The first-order valence-corrected chi connectivity index (χ1v) is 7.85. The Morgan fingerprint density at radius 2 is 2.10 bits per heavy atom. The monoisotopic (exact) mass is 344 g/mol. The van der Waals surface area contributed by atoms with Gasteiger partial charge in [-0.2, -0.15) is 0 Å². The van der Waals surface area contributed by atoms with Crippen molar-refractivity contribution < 1.29 is 9.47 Å². The molecule has 0 saturated carbocycles. The second-order valence-electron chi connectivity index (χ2n) is 4.73. The Kier molecular flexibility index (Phi) is 8.14. The van der Waals surface area contributed by atoms with E-state index in [4.69, 9.17) is 15.3 Å². The van der Waals surface area contributed by atoms with E-state index in [9.17, 15) is 0 Å². The molecule has 114 valence electrons. The summed E-state index contributed by atoms with van der Waals surface area (Å²) in [6.07, 6.45) is 3.04. The maximum atomic E-state index is 5.80. The second-order valence-corrected chi connectivity index (χ2v) is 5.58. The van der Waals surface area contributed by atoms with Gasteiger partial charge in [-0.05, 0) is 53.4 Å². The van der Waals surface area contributed by atoms with Crippen molar-refractivity contribution in [3.8, 4) is 5.75 Å². The minimum atomic E-state index is 0.107. The summed E-state index contributed by atoms with van der Waals surface area (Å²) < 4.78 is 12.0. The number of methoxy groups -OCH3 is 1. The molecule has 0 fully saturated rings. The standard InChI is InChI=1S/C15H25BrN2O2/c1-4-6-15(20-5-2)13(18-17)10-11-7-8-14(19-3)12(16)9-11/h7-9,13,15,18H,4-6,10,17H2,1-3H3. The quantitative estimate of drug-likeness (QED) is 0.534. The van der Waals surface area contributed by atoms with E-state index >= 15 is 0 Å². The molecule has 0 aliphatic rings. The SMILES string of the molecule is CCCC(OCC)C(Cc1ccc(OC)c(Br)c1)NN. The molecule has 1 rings (SSSR count). The Hall–Kier alpha value is -0.620. The average molecular weight is 345 g/mol. The number of nitrogens with two attached hydrogens (primary N) is 1. The average Bonchev–Trinajstić information content (AvgIpc) is 2.45. The Morgan fingerprint density at radius 3 is 2.60 bits per heavy atom. The zero-order valence-corrected chi connectivity index (χ0v) is 14.1. The summed E-state index contributed by atoms with van der Waals surface area (Å²) in [4.78, 5) is 0. The molecule has 20 heavy (non-hydrogen) atoms. The summed E-state index contributed by atoms with van der Waals surface area (Å²) in [6.45, 7) is 4.87. The fourth-order valence-corrected chi connectivity index (χ4v) is 2.88. The fraction of sp³-hybridized carbons (Fsp3) is 0.600. The van der Waals surface area contributed by atoms with E-state index in [0.29, 0.717) is 6.61 Å². The molecule has 0 aliphatic heterocycles. The molecule has 4 nitrogen and oxygen atoms in total. The van der Waals surface area contributed by atoms with Gasteiger partial charge in [0, 0.05) is 6.61 Å². The molecular weight excluding hydrogens is 320 g/mol. The van der Waals surface area contributed by atoms with Gasteiger partial charge in [0.2, 0.25) is 0 Å². The molecule has 0 heterocycles. The third-order valence-electron chi connectivity index (χ3n) is 3.29. The van der Waals surface area contributed by atoms with Gasteiger partial charge in [0.05, 0.1) is 23.7 Å². The van der Waals surface area contributed by atoms with Crippen LogP contribution in [0.3, 0.4) is 0 Å². The third kappa shape index (κ3) is 5.05. The largest absolute Gasteiger partial charge is 0.496 e. The van der Waals surface area contributed by atoms with Gasteiger partial charge in [0.25, 0.3) is 0 Å². The summed E-state index contributed by atoms with van der Waals surface area (Å²) >= 11 is 3.51. The van der Waals surface area contributed by atoms with Crippen molar-refractivity contribution in [3.05, 3.63) is 28.2 Å². The minimum Gasteiger partial charge on any atom is -0.496 e. The van der Waals surface area contributed by atoms with Crippen molar-refractivity contribution in [1.29, 1.82) is 0 Å². The van der Waals surface area contributed by atoms with Crippen LogP contribution in [0, 0.1) is 0 Å². The Balaban J connectivity index is 2.78. The topological polar surface area (TPSA) is 56.5 Å². The predicted octanol–water partition coefficient (Wildman–Crippen LogP) is 3.04. The van der Waals surface area contributed by atoms with E-state index in [-0.39, 0.29) is 12.1 Å². The van der Waals surface area contributed by atoms with Crippen LogP contribution < -0.4 is 16.0 Å². The van der Waals surface area contributed by atoms with Crippen molar-refractivity contribution in [2.45, 2.75) is 45.3 Å². The Labute approximate surface area is 130 Å². The van der Waals surface area contributed by atoms with E-state index in [1.165, 1.54) is 5.56 Å². The molecule has 1 aromatic carbocycles. The molecule has 0 spiro atoms. The molecule has 1 aromatic rings. The molecule has 2 unspecified atom stereocenters. The minimum absolute atomic E-state index is 0.107. The van der Waals surface area contributed by atoms with Gasteiger partial charge in [-0.3, -0.25) is 11.3 Å². The van der Waals surface area contributed by atoms with Crippen molar-refractivity contribution in [3.63, 3.8) is 0 Å². The highest BCUT2D eigenvalue weighted by Crippen LogP contribution is 2.26. The number of rotatable bonds is 9. The summed E-state index contributed by atoms with van der Waals surface area (Å²) in [7, 11) is 1.66. The van der Waals surface area contributed by atoms with Gasteiger partial charge < -0.3 is 9.47 Å². The van der Waals surface area contributed by atoms with Gasteiger partial charge in [0.15, 0.2) is 0 Å². The first-order valence-electron chi connectivity index (χ1n) is 7.06. The molecule has 0 aromatic heterocycles. The number of halogens is 1. The van der Waals surface area contributed by atoms with Crippen LogP contribution in [0.15, 0.2) is 22.7 Å². The molecule has 0 saturated heterocycles. The number of benzene rings is 1. The highest BCUT2D eigenvalue weighted by molar-refractivity contribution is 9.10. The zero-order valence-electron chi connectivity index (χ0n) is 12.5. The highest BCUT2D eigenvalue weighted by atomic mass is 79.9. The van der Waals surface area contributed by atoms with E-state index in [1.807, 2.05) is 13.0 Å². The number of hydrogen-bond acceptors (Lipinski definition) is 4. The van der Waals surface area contributed by atoms with Crippen LogP contribution in [0.5, 0.6) is 5.75 Å². The number of hydrazine groups is 1. The molecule has 0 aliphatic carbocycles. The summed E-state index contributed by atoms with van der Waals surface area (Å²) in [5.41, 5.74) is 4.09. The first-order chi connectivity index (χ1) is 9.65. The molecule has 2 atom stereocenters. The lowest BCUT2D eigenvalue weighted by Crippen LogP contribution is -2.46. The zero-order chi connectivity index (χ0) is 15.0. The van der Waals surface area contributed by atoms with Gasteiger partial charge in [0.1, 0.15) is 5.75 Å². The lowest BCUT2D eigenvalue weighted by Gasteiger charge is -2.26. The predicted molar refractivity (Wildman–Crippen MR) is 85.8 cm³/mol. The van der Waals surface area contributed by atoms with E-state index in [2.05, 4.69) is 40.4 Å². The summed E-state index contributed by atoms with van der Waals surface area (Å²) in [5.74, 6) is 6.54. The molecule has 3 N–H and O–H groups in total. The molecular formula is C15H25BrN2O2. The van der Waals surface area contributed by atoms with Gasteiger partial charge in [-0.15, -0.1) is 0 Å². The first kappa shape index (κ1) is 17.4. The number of ether oxygens (including phenoxy) is 2. The van der Waals surface area contributed by atoms with E-state index in [0.717, 1.165) is 29.5 Å². The second kappa shape index (κ2) is 9.34. The van der Waals surface area contributed by atoms with E-state index in [1.54, 1.807) is 7.11 Å². The number of nitrogens with one attached hydrogen (secondary N) is 1. The van der Waals surface area contributed by atoms with Gasteiger partial charge in [-0.25, -0.2) is 0 Å². The summed E-state index contributed by atoms with van der Waals surface area (Å²) in [5, 5.41) is 0. The maximum Gasteiger partial charge on any atom is 0.133 e. The van der Waals surface area contributed by atoms with Crippen molar-refractivity contribution in [2.24, 2.45) is 5.84 Å². The van der Waals surface area contributed by atoms with Crippen LogP contribution in [0.4, 0.5) is 0 Å². The van der Waals surface area contributed by atoms with Crippen molar-refractivity contribution >= 4 is 15.9 Å². The van der Waals surface area contributed by atoms with Gasteiger partial charge >= 0.3 is 0 Å². The van der Waals surface area contributed by atoms with Crippen LogP contribution in [-0.4, -0.2) is 25.9 Å². The van der Waals surface area contributed by atoms with Crippen LogP contribution in [0.25, 0.3) is 0 Å². The normalized spacial score (nSPS) is 14.1. The van der Waals surface area contributed by atoms with Crippen LogP contribution in [0.1, 0.15) is 32.3 Å². The fourth-order valence-electron chi connectivity index (χ4n) is 2.29.